The van der Waals surface area contributed by atoms with Gasteiger partial charge >= 0.3 is 7.12 Å². The number of piperidine rings is 1. The number of ether oxygens (including phenoxy) is 2. The van der Waals surface area contributed by atoms with Gasteiger partial charge in [0.1, 0.15) is 16.5 Å². The molecule has 1 fully saturated rings. The van der Waals surface area contributed by atoms with Gasteiger partial charge in [-0.05, 0) is 56.7 Å². The molecule has 4 N–H and O–H groups in total. The SMILES string of the molecule is COc1cc(N2CCC(N(C)C)CC2)ccc1Nc1ncc(Cl)c(Nc2cc(B(O)O)ccc2OC)n1. The third-order valence-corrected chi connectivity index (χ3v) is 6.79. The molecule has 1 aliphatic rings. The number of halogens is 1. The maximum absolute atomic E-state index is 9.53. The standard InChI is InChI=1S/C25H32BClN6O4/c1-32(2)17-9-11-33(12-10-17)18-6-7-20(23(14-18)37-4)30-25-28-15-19(27)24(31-25)29-21-13-16(26(34)35)5-8-22(21)36-3/h5-8,13-15,17,34-35H,9-12H2,1-4H3,(H2,28,29,30,31). The van der Waals surface area contributed by atoms with E-state index in [2.05, 4.69) is 50.6 Å². The zero-order chi connectivity index (χ0) is 26.5. The Hall–Kier alpha value is -3.25. The molecule has 1 saturated heterocycles. The van der Waals surface area contributed by atoms with Crippen molar-refractivity contribution in [1.82, 2.24) is 14.9 Å². The maximum Gasteiger partial charge on any atom is 0.488 e. The Morgan fingerprint density at radius 3 is 2.38 bits per heavy atom. The van der Waals surface area contributed by atoms with Crippen molar-refractivity contribution in [1.29, 1.82) is 0 Å². The molecule has 0 unspecified atom stereocenters. The number of aromatic nitrogens is 2. The van der Waals surface area contributed by atoms with Gasteiger partial charge in [-0.3, -0.25) is 0 Å². The fourth-order valence-electron chi connectivity index (χ4n) is 4.37. The summed E-state index contributed by atoms with van der Waals surface area (Å²) in [6.45, 7) is 1.98. The number of methoxy groups -OCH3 is 2. The van der Waals surface area contributed by atoms with Gasteiger partial charge in [0.25, 0.3) is 0 Å². The molecule has 0 amide bonds. The number of hydrogen-bond acceptors (Lipinski definition) is 10. The van der Waals surface area contributed by atoms with Crippen LogP contribution in [0.2, 0.25) is 5.02 Å². The summed E-state index contributed by atoms with van der Waals surface area (Å²) in [5, 5.41) is 25.7. The van der Waals surface area contributed by atoms with Crippen molar-refractivity contribution in [3.63, 3.8) is 0 Å². The lowest BCUT2D eigenvalue weighted by Gasteiger charge is -2.36. The highest BCUT2D eigenvalue weighted by Crippen LogP contribution is 2.34. The van der Waals surface area contributed by atoms with Crippen LogP contribution in [0.25, 0.3) is 0 Å². The minimum absolute atomic E-state index is 0.283. The highest BCUT2D eigenvalue weighted by molar-refractivity contribution is 6.58. The Labute approximate surface area is 222 Å². The lowest BCUT2D eigenvalue weighted by atomic mass is 9.80. The molecule has 37 heavy (non-hydrogen) atoms. The lowest BCUT2D eigenvalue weighted by molar-refractivity contribution is 0.249. The van der Waals surface area contributed by atoms with Crippen LogP contribution in [0.4, 0.5) is 28.8 Å². The molecule has 0 spiro atoms. The van der Waals surface area contributed by atoms with Crippen molar-refractivity contribution in [3.8, 4) is 11.5 Å². The van der Waals surface area contributed by atoms with Gasteiger partial charge in [-0.25, -0.2) is 4.98 Å². The average Bonchev–Trinajstić information content (AvgIpc) is 2.90. The Kier molecular flexibility index (Phi) is 8.60. The topological polar surface area (TPSA) is 115 Å². The van der Waals surface area contributed by atoms with Crippen LogP contribution >= 0.6 is 11.6 Å². The Balaban J connectivity index is 1.53. The van der Waals surface area contributed by atoms with E-state index in [1.807, 2.05) is 12.1 Å². The first-order valence-corrected chi connectivity index (χ1v) is 12.4. The molecule has 3 aromatic rings. The quantitative estimate of drug-likeness (QED) is 0.310. The van der Waals surface area contributed by atoms with Crippen LogP contribution in [-0.2, 0) is 0 Å². The third-order valence-electron chi connectivity index (χ3n) is 6.51. The summed E-state index contributed by atoms with van der Waals surface area (Å²) in [5.74, 6) is 1.79. The van der Waals surface area contributed by atoms with Crippen LogP contribution in [0.3, 0.4) is 0 Å². The van der Waals surface area contributed by atoms with Crippen molar-refractivity contribution >= 4 is 53.0 Å². The van der Waals surface area contributed by atoms with Crippen LogP contribution in [0.5, 0.6) is 11.5 Å². The molecule has 0 aliphatic carbocycles. The zero-order valence-corrected chi connectivity index (χ0v) is 22.2. The number of hydrogen-bond donors (Lipinski definition) is 4. The summed E-state index contributed by atoms with van der Waals surface area (Å²) >= 11 is 6.35. The number of benzene rings is 2. The molecular weight excluding hydrogens is 495 g/mol. The summed E-state index contributed by atoms with van der Waals surface area (Å²) < 4.78 is 11.0. The van der Waals surface area contributed by atoms with Gasteiger partial charge in [0, 0.05) is 30.9 Å². The van der Waals surface area contributed by atoms with E-state index in [1.165, 1.54) is 13.3 Å². The van der Waals surface area contributed by atoms with E-state index in [0.717, 1.165) is 31.6 Å². The van der Waals surface area contributed by atoms with Crippen LogP contribution in [0.15, 0.2) is 42.6 Å². The summed E-state index contributed by atoms with van der Waals surface area (Å²) in [5.41, 5.74) is 2.59. The van der Waals surface area contributed by atoms with Gasteiger partial charge in [0.05, 0.1) is 31.8 Å². The second-order valence-electron chi connectivity index (χ2n) is 9.04. The number of rotatable bonds is 9. The Bertz CT molecular complexity index is 1220. The minimum atomic E-state index is -1.63. The molecule has 1 aliphatic heterocycles. The monoisotopic (exact) mass is 526 g/mol. The number of nitrogens with zero attached hydrogens (tertiary/aromatic N) is 4. The Morgan fingerprint density at radius 1 is 1.00 bits per heavy atom. The average molecular weight is 527 g/mol. The molecule has 0 radical (unpaired) electrons. The largest absolute Gasteiger partial charge is 0.495 e. The van der Waals surface area contributed by atoms with Gasteiger partial charge in [0.15, 0.2) is 5.82 Å². The van der Waals surface area contributed by atoms with Crippen molar-refractivity contribution in [3.05, 3.63) is 47.6 Å². The van der Waals surface area contributed by atoms with E-state index in [4.69, 9.17) is 21.1 Å². The number of nitrogens with one attached hydrogen (secondary N) is 2. The van der Waals surface area contributed by atoms with Gasteiger partial charge in [-0.1, -0.05) is 17.7 Å². The summed E-state index contributed by atoms with van der Waals surface area (Å²) in [7, 11) is 5.80. The van der Waals surface area contributed by atoms with Crippen LogP contribution < -0.4 is 30.5 Å². The van der Waals surface area contributed by atoms with Crippen molar-refractivity contribution in [2.24, 2.45) is 0 Å². The van der Waals surface area contributed by atoms with Gasteiger partial charge in [-0.15, -0.1) is 0 Å². The first kappa shape index (κ1) is 26.8. The normalized spacial score (nSPS) is 14.0. The molecule has 0 saturated carbocycles. The van der Waals surface area contributed by atoms with E-state index >= 15 is 0 Å². The van der Waals surface area contributed by atoms with Gasteiger partial charge in [0.2, 0.25) is 5.95 Å². The summed E-state index contributed by atoms with van der Waals surface area (Å²) in [6.07, 6.45) is 3.72. The third kappa shape index (κ3) is 6.37. The Morgan fingerprint density at radius 2 is 1.73 bits per heavy atom. The van der Waals surface area contributed by atoms with E-state index in [9.17, 15) is 10.0 Å². The second kappa shape index (κ2) is 11.9. The number of anilines is 5. The van der Waals surface area contributed by atoms with E-state index in [-0.39, 0.29) is 5.02 Å². The predicted octanol–water partition coefficient (Wildman–Crippen LogP) is 2.84. The van der Waals surface area contributed by atoms with Gasteiger partial charge < -0.3 is 40.0 Å². The summed E-state index contributed by atoms with van der Waals surface area (Å²) in [6, 6.07) is 11.4. The van der Waals surface area contributed by atoms with E-state index in [1.54, 1.807) is 25.3 Å². The lowest BCUT2D eigenvalue weighted by Crippen LogP contribution is -2.41. The van der Waals surface area contributed by atoms with E-state index < -0.39 is 7.12 Å². The highest BCUT2D eigenvalue weighted by atomic mass is 35.5. The summed E-state index contributed by atoms with van der Waals surface area (Å²) in [4.78, 5) is 13.5. The molecule has 2 aromatic carbocycles. The molecule has 2 heterocycles. The molecule has 0 bridgehead atoms. The van der Waals surface area contributed by atoms with Crippen LogP contribution in [0.1, 0.15) is 12.8 Å². The maximum atomic E-state index is 9.53. The molecule has 1 aromatic heterocycles. The van der Waals surface area contributed by atoms with Crippen LogP contribution in [-0.4, -0.2) is 79.5 Å². The molecule has 196 valence electrons. The van der Waals surface area contributed by atoms with Crippen molar-refractivity contribution in [2.45, 2.75) is 18.9 Å². The molecule has 10 nitrogen and oxygen atoms in total. The first-order chi connectivity index (χ1) is 17.8. The molecule has 0 atom stereocenters. The predicted molar refractivity (Wildman–Crippen MR) is 148 cm³/mol. The minimum Gasteiger partial charge on any atom is -0.495 e. The molecular formula is C25H32BClN6O4. The van der Waals surface area contributed by atoms with Gasteiger partial charge in [-0.2, -0.15) is 4.98 Å². The van der Waals surface area contributed by atoms with Crippen molar-refractivity contribution in [2.75, 3.05) is 56.9 Å². The smallest absolute Gasteiger partial charge is 0.488 e. The fraction of sp³-hybridized carbons (Fsp3) is 0.360. The fourth-order valence-corrected chi connectivity index (χ4v) is 4.51. The molecule has 12 heteroatoms. The second-order valence-corrected chi connectivity index (χ2v) is 9.45. The zero-order valence-electron chi connectivity index (χ0n) is 21.4. The van der Waals surface area contributed by atoms with E-state index in [0.29, 0.717) is 46.1 Å². The van der Waals surface area contributed by atoms with Crippen molar-refractivity contribution < 1.29 is 19.5 Å². The molecule has 4 rings (SSSR count). The highest BCUT2D eigenvalue weighted by Gasteiger charge is 2.22. The first-order valence-electron chi connectivity index (χ1n) is 12.0. The van der Waals surface area contributed by atoms with Crippen LogP contribution in [0, 0.1) is 0 Å².